The summed E-state index contributed by atoms with van der Waals surface area (Å²) in [5, 5.41) is 0. The molecule has 1 aromatic rings. The molecule has 3 unspecified atom stereocenters. The molecule has 3 aliphatic rings. The van der Waals surface area contributed by atoms with Crippen molar-refractivity contribution in [3.8, 4) is 0 Å². The minimum atomic E-state index is 0.0971. The molecule has 0 N–H and O–H groups in total. The van der Waals surface area contributed by atoms with Crippen LogP contribution in [0.15, 0.2) is 30.3 Å². The number of carbonyl (C=O) groups is 1. The van der Waals surface area contributed by atoms with Crippen molar-refractivity contribution in [2.75, 3.05) is 32.7 Å². The molecule has 4 rings (SSSR count). The Balaban J connectivity index is 1.34. The summed E-state index contributed by atoms with van der Waals surface area (Å²) in [6.45, 7) is 4.85. The third-order valence-corrected chi connectivity index (χ3v) is 5.53. The van der Waals surface area contributed by atoms with Crippen LogP contribution in [0.4, 0.5) is 0 Å². The van der Waals surface area contributed by atoms with Crippen LogP contribution in [0.25, 0.3) is 0 Å². The molecule has 3 heterocycles. The molecule has 0 aromatic heterocycles. The minimum absolute atomic E-state index is 0.0971. The van der Waals surface area contributed by atoms with Crippen molar-refractivity contribution in [1.29, 1.82) is 0 Å². The summed E-state index contributed by atoms with van der Waals surface area (Å²) in [5.41, 5.74) is 1.39. The van der Waals surface area contributed by atoms with Crippen molar-refractivity contribution in [1.82, 2.24) is 9.80 Å². The highest BCUT2D eigenvalue weighted by Gasteiger charge is 2.45. The highest BCUT2D eigenvalue weighted by molar-refractivity contribution is 5.80. The largest absolute Gasteiger partial charge is 0.371 e. The number of likely N-dealkylation sites (tertiary alicyclic amines) is 2. The Bertz CT molecular complexity index is 542. The van der Waals surface area contributed by atoms with Gasteiger partial charge in [0.25, 0.3) is 0 Å². The molecule has 3 aliphatic heterocycles. The first kappa shape index (κ1) is 15.2. The van der Waals surface area contributed by atoms with Gasteiger partial charge in [-0.2, -0.15) is 0 Å². The Morgan fingerprint density at radius 2 is 1.91 bits per heavy atom. The van der Waals surface area contributed by atoms with Gasteiger partial charge in [0.15, 0.2) is 0 Å². The number of carbonyl (C=O) groups excluding carboxylic acids is 1. The Morgan fingerprint density at radius 1 is 1.13 bits per heavy atom. The van der Waals surface area contributed by atoms with E-state index < -0.39 is 0 Å². The number of ether oxygens (including phenoxy) is 1. The lowest BCUT2D eigenvalue weighted by molar-refractivity contribution is -0.137. The average Bonchev–Trinajstić information content (AvgIpc) is 3.21. The molecule has 4 nitrogen and oxygen atoms in total. The van der Waals surface area contributed by atoms with Crippen LogP contribution in [-0.4, -0.2) is 60.6 Å². The van der Waals surface area contributed by atoms with E-state index in [1.807, 2.05) is 0 Å². The van der Waals surface area contributed by atoms with E-state index in [0.29, 0.717) is 5.91 Å². The Hall–Kier alpha value is -1.39. The number of hydrogen-bond donors (Lipinski definition) is 0. The average molecular weight is 314 g/mol. The fourth-order valence-corrected chi connectivity index (χ4v) is 4.28. The van der Waals surface area contributed by atoms with Crippen LogP contribution in [0.5, 0.6) is 0 Å². The molecular formula is C19H26N2O2. The molecule has 3 fully saturated rings. The van der Waals surface area contributed by atoms with Gasteiger partial charge in [0.2, 0.25) is 5.91 Å². The summed E-state index contributed by atoms with van der Waals surface area (Å²) in [6.07, 6.45) is 4.68. The van der Waals surface area contributed by atoms with Gasteiger partial charge in [-0.1, -0.05) is 30.3 Å². The molecule has 0 spiro atoms. The van der Waals surface area contributed by atoms with Gasteiger partial charge < -0.3 is 9.64 Å². The summed E-state index contributed by atoms with van der Waals surface area (Å²) in [6, 6.07) is 10.6. The monoisotopic (exact) mass is 314 g/mol. The lowest BCUT2D eigenvalue weighted by Crippen LogP contribution is -2.46. The van der Waals surface area contributed by atoms with Gasteiger partial charge in [0.1, 0.15) is 0 Å². The van der Waals surface area contributed by atoms with Crippen LogP contribution in [0.3, 0.4) is 0 Å². The second-order valence-electron chi connectivity index (χ2n) is 7.17. The Morgan fingerprint density at radius 3 is 2.70 bits per heavy atom. The first-order valence-electron chi connectivity index (χ1n) is 9.00. The Kier molecular flexibility index (Phi) is 4.36. The van der Waals surface area contributed by atoms with E-state index in [4.69, 9.17) is 4.74 Å². The summed E-state index contributed by atoms with van der Waals surface area (Å²) in [5.74, 6) is 0.444. The predicted octanol–water partition coefficient (Wildman–Crippen LogP) is 1.94. The van der Waals surface area contributed by atoms with Crippen molar-refractivity contribution < 1.29 is 9.53 Å². The van der Waals surface area contributed by atoms with Gasteiger partial charge >= 0.3 is 0 Å². The maximum absolute atomic E-state index is 12.7. The molecule has 4 heteroatoms. The number of hydrogen-bond acceptors (Lipinski definition) is 3. The van der Waals surface area contributed by atoms with E-state index in [0.717, 1.165) is 58.4 Å². The van der Waals surface area contributed by atoms with Crippen LogP contribution < -0.4 is 0 Å². The zero-order chi connectivity index (χ0) is 15.6. The molecule has 1 amide bonds. The smallest absolute Gasteiger partial charge is 0.228 e. The maximum atomic E-state index is 12.7. The quantitative estimate of drug-likeness (QED) is 0.851. The van der Waals surface area contributed by atoms with Crippen molar-refractivity contribution >= 4 is 5.91 Å². The molecule has 3 atom stereocenters. The molecule has 1 aromatic carbocycles. The molecular weight excluding hydrogens is 288 g/mol. The van der Waals surface area contributed by atoms with Gasteiger partial charge in [-0.15, -0.1) is 0 Å². The van der Waals surface area contributed by atoms with Crippen LogP contribution in [0.2, 0.25) is 0 Å². The number of amides is 1. The summed E-state index contributed by atoms with van der Waals surface area (Å²) >= 11 is 0. The molecule has 0 radical (unpaired) electrons. The summed E-state index contributed by atoms with van der Waals surface area (Å²) in [7, 11) is 0. The van der Waals surface area contributed by atoms with Crippen molar-refractivity contribution in [3.05, 3.63) is 35.9 Å². The van der Waals surface area contributed by atoms with E-state index >= 15 is 0 Å². The number of morpholine rings is 1. The highest BCUT2D eigenvalue weighted by Crippen LogP contribution is 2.33. The van der Waals surface area contributed by atoms with Crippen LogP contribution >= 0.6 is 0 Å². The fourth-order valence-electron chi connectivity index (χ4n) is 4.28. The fraction of sp³-hybridized carbons (Fsp3) is 0.632. The second kappa shape index (κ2) is 6.62. The number of nitrogens with zero attached hydrogens (tertiary/aromatic N) is 2. The van der Waals surface area contributed by atoms with E-state index in [-0.39, 0.29) is 18.1 Å². The van der Waals surface area contributed by atoms with Gasteiger partial charge in [-0.3, -0.25) is 9.69 Å². The molecule has 0 aliphatic carbocycles. The van der Waals surface area contributed by atoms with E-state index in [9.17, 15) is 4.79 Å². The SMILES string of the molecule is O=C(C1CC2CN(CCc3ccccc3)CC1O2)N1CCCC1. The maximum Gasteiger partial charge on any atom is 0.228 e. The number of benzene rings is 1. The van der Waals surface area contributed by atoms with E-state index in [1.165, 1.54) is 5.56 Å². The molecule has 2 bridgehead atoms. The number of rotatable bonds is 4. The summed E-state index contributed by atoms with van der Waals surface area (Å²) in [4.78, 5) is 17.3. The van der Waals surface area contributed by atoms with Gasteiger partial charge in [0, 0.05) is 32.7 Å². The zero-order valence-corrected chi connectivity index (χ0v) is 13.7. The van der Waals surface area contributed by atoms with Crippen LogP contribution in [0.1, 0.15) is 24.8 Å². The highest BCUT2D eigenvalue weighted by atomic mass is 16.5. The standard InChI is InChI=1S/C19H26N2O2/c22-19(21-9-4-5-10-21)17-12-16-13-20(14-18(17)23-16)11-8-15-6-2-1-3-7-15/h1-3,6-7,16-18H,4-5,8-14H2. The lowest BCUT2D eigenvalue weighted by atomic mass is 9.99. The topological polar surface area (TPSA) is 32.8 Å². The molecule has 23 heavy (non-hydrogen) atoms. The normalized spacial score (nSPS) is 30.8. The van der Waals surface area contributed by atoms with Crippen LogP contribution in [0, 0.1) is 5.92 Å². The molecule has 0 saturated carbocycles. The first-order chi connectivity index (χ1) is 11.3. The van der Waals surface area contributed by atoms with Crippen LogP contribution in [-0.2, 0) is 16.0 Å². The van der Waals surface area contributed by atoms with Crippen molar-refractivity contribution in [2.24, 2.45) is 5.92 Å². The predicted molar refractivity (Wildman–Crippen MR) is 89.2 cm³/mol. The molecule has 3 saturated heterocycles. The lowest BCUT2D eigenvalue weighted by Gasteiger charge is -2.33. The van der Waals surface area contributed by atoms with Crippen molar-refractivity contribution in [3.63, 3.8) is 0 Å². The Labute approximate surface area is 138 Å². The molecule has 124 valence electrons. The van der Waals surface area contributed by atoms with E-state index in [2.05, 4.69) is 40.1 Å². The zero-order valence-electron chi connectivity index (χ0n) is 13.7. The third-order valence-electron chi connectivity index (χ3n) is 5.53. The van der Waals surface area contributed by atoms with Gasteiger partial charge in [0.05, 0.1) is 18.1 Å². The minimum Gasteiger partial charge on any atom is -0.371 e. The second-order valence-corrected chi connectivity index (χ2v) is 7.17. The number of fused-ring (bicyclic) bond motifs is 2. The van der Waals surface area contributed by atoms with Gasteiger partial charge in [-0.25, -0.2) is 0 Å². The summed E-state index contributed by atoms with van der Waals surface area (Å²) < 4.78 is 6.08. The third kappa shape index (κ3) is 3.29. The first-order valence-corrected chi connectivity index (χ1v) is 9.00. The van der Waals surface area contributed by atoms with E-state index in [1.54, 1.807) is 0 Å². The van der Waals surface area contributed by atoms with Crippen molar-refractivity contribution in [2.45, 2.75) is 37.9 Å². The van der Waals surface area contributed by atoms with Gasteiger partial charge in [-0.05, 0) is 31.2 Å².